The molecule has 5 heteroatoms. The molecule has 22 heavy (non-hydrogen) atoms. The van der Waals surface area contributed by atoms with Crippen molar-refractivity contribution in [3.8, 4) is 0 Å². The fourth-order valence-corrected chi connectivity index (χ4v) is 4.29. The smallest absolute Gasteiger partial charge is 0.407 e. The van der Waals surface area contributed by atoms with Crippen molar-refractivity contribution in [3.05, 3.63) is 0 Å². The van der Waals surface area contributed by atoms with Gasteiger partial charge in [-0.25, -0.2) is 4.79 Å². The molecule has 128 valence electrons. The molecule has 0 aromatic carbocycles. The third kappa shape index (κ3) is 6.37. The minimum atomic E-state index is -0.435. The summed E-state index contributed by atoms with van der Waals surface area (Å²) >= 11 is 2.03. The molecule has 1 heterocycles. The van der Waals surface area contributed by atoms with Gasteiger partial charge in [0.2, 0.25) is 0 Å². The van der Waals surface area contributed by atoms with Crippen molar-refractivity contribution >= 4 is 17.9 Å². The van der Waals surface area contributed by atoms with E-state index in [1.54, 1.807) is 0 Å². The number of carbonyl (C=O) groups is 1. The largest absolute Gasteiger partial charge is 0.444 e. The van der Waals surface area contributed by atoms with Crippen LogP contribution in [0, 0.1) is 11.3 Å². The van der Waals surface area contributed by atoms with Crippen LogP contribution in [-0.2, 0) is 4.74 Å². The topological polar surface area (TPSA) is 50.4 Å². The van der Waals surface area contributed by atoms with E-state index in [2.05, 4.69) is 24.5 Å². The maximum absolute atomic E-state index is 12.0. The van der Waals surface area contributed by atoms with Crippen molar-refractivity contribution in [1.29, 1.82) is 0 Å². The Kier molecular flexibility index (Phi) is 5.70. The summed E-state index contributed by atoms with van der Waals surface area (Å²) in [6.07, 6.45) is 3.36. The standard InChI is InChI=1S/C17H32N2O2S/c1-16(2,3)21-15(20)19-14(12-6-7-12)9-18-13-8-17(4,5)11-22-10-13/h12-14,18H,6-11H2,1-5H3,(H,19,20). The van der Waals surface area contributed by atoms with E-state index in [9.17, 15) is 4.79 Å². The average Bonchev–Trinajstić information content (AvgIpc) is 3.15. The first-order chi connectivity index (χ1) is 10.1. The molecule has 1 saturated heterocycles. The maximum Gasteiger partial charge on any atom is 0.407 e. The van der Waals surface area contributed by atoms with Gasteiger partial charge in [0, 0.05) is 24.4 Å². The summed E-state index contributed by atoms with van der Waals surface area (Å²) in [5.41, 5.74) is -0.0239. The van der Waals surface area contributed by atoms with E-state index in [-0.39, 0.29) is 12.1 Å². The molecular weight excluding hydrogens is 296 g/mol. The summed E-state index contributed by atoms with van der Waals surface area (Å²) in [6, 6.07) is 0.750. The first kappa shape index (κ1) is 17.9. The van der Waals surface area contributed by atoms with E-state index in [4.69, 9.17) is 4.74 Å². The van der Waals surface area contributed by atoms with Gasteiger partial charge in [0.15, 0.2) is 0 Å². The zero-order chi connectivity index (χ0) is 16.4. The summed E-state index contributed by atoms with van der Waals surface area (Å²) < 4.78 is 5.39. The monoisotopic (exact) mass is 328 g/mol. The first-order valence-corrected chi connectivity index (χ1v) is 9.61. The van der Waals surface area contributed by atoms with Crippen LogP contribution < -0.4 is 10.6 Å². The van der Waals surface area contributed by atoms with Gasteiger partial charge < -0.3 is 15.4 Å². The summed E-state index contributed by atoms with van der Waals surface area (Å²) in [5, 5.41) is 6.74. The zero-order valence-corrected chi connectivity index (χ0v) is 15.5. The second kappa shape index (κ2) is 7.00. The van der Waals surface area contributed by atoms with Crippen LogP contribution in [0.5, 0.6) is 0 Å². The Labute approximate surface area is 139 Å². The summed E-state index contributed by atoms with van der Waals surface area (Å²) in [5.74, 6) is 3.03. The number of thioether (sulfide) groups is 1. The molecule has 2 atom stereocenters. The zero-order valence-electron chi connectivity index (χ0n) is 14.7. The molecule has 1 aliphatic carbocycles. The van der Waals surface area contributed by atoms with E-state index in [1.807, 2.05) is 32.5 Å². The highest BCUT2D eigenvalue weighted by Gasteiger charge is 2.35. The van der Waals surface area contributed by atoms with Crippen molar-refractivity contribution < 1.29 is 9.53 Å². The normalized spacial score (nSPS) is 26.3. The summed E-state index contributed by atoms with van der Waals surface area (Å²) in [4.78, 5) is 12.0. The van der Waals surface area contributed by atoms with E-state index in [1.165, 1.54) is 30.8 Å². The lowest BCUT2D eigenvalue weighted by Crippen LogP contribution is -2.49. The number of nitrogens with one attached hydrogen (secondary N) is 2. The lowest BCUT2D eigenvalue weighted by molar-refractivity contribution is 0.0496. The lowest BCUT2D eigenvalue weighted by Gasteiger charge is -2.36. The molecule has 2 fully saturated rings. The highest BCUT2D eigenvalue weighted by atomic mass is 32.2. The molecule has 1 aliphatic heterocycles. The van der Waals surface area contributed by atoms with Crippen LogP contribution >= 0.6 is 11.8 Å². The molecular formula is C17H32N2O2S. The van der Waals surface area contributed by atoms with Crippen LogP contribution in [-0.4, -0.2) is 41.8 Å². The van der Waals surface area contributed by atoms with Gasteiger partial charge in [-0.3, -0.25) is 0 Å². The van der Waals surface area contributed by atoms with Crippen LogP contribution in [0.2, 0.25) is 0 Å². The number of hydrogen-bond acceptors (Lipinski definition) is 4. The Morgan fingerprint density at radius 3 is 2.59 bits per heavy atom. The van der Waals surface area contributed by atoms with Gasteiger partial charge in [-0.1, -0.05) is 13.8 Å². The molecule has 2 rings (SSSR count). The van der Waals surface area contributed by atoms with Gasteiger partial charge in [-0.2, -0.15) is 11.8 Å². The van der Waals surface area contributed by atoms with Crippen LogP contribution in [0.3, 0.4) is 0 Å². The number of ether oxygens (including phenoxy) is 1. The molecule has 2 aliphatic rings. The van der Waals surface area contributed by atoms with Crippen molar-refractivity contribution in [2.75, 3.05) is 18.1 Å². The van der Waals surface area contributed by atoms with E-state index >= 15 is 0 Å². The molecule has 4 nitrogen and oxygen atoms in total. The summed E-state index contributed by atoms with van der Waals surface area (Å²) in [7, 11) is 0. The second-order valence-corrected chi connectivity index (χ2v) is 9.61. The molecule has 1 amide bonds. The molecule has 0 spiro atoms. The van der Waals surface area contributed by atoms with Crippen LogP contribution in [0.4, 0.5) is 4.79 Å². The quantitative estimate of drug-likeness (QED) is 0.812. The van der Waals surface area contributed by atoms with Gasteiger partial charge in [0.1, 0.15) is 5.60 Å². The number of hydrogen-bond donors (Lipinski definition) is 2. The van der Waals surface area contributed by atoms with Crippen molar-refractivity contribution in [3.63, 3.8) is 0 Å². The Morgan fingerprint density at radius 1 is 1.36 bits per heavy atom. The Balaban J connectivity index is 1.78. The van der Waals surface area contributed by atoms with Crippen molar-refractivity contribution in [2.24, 2.45) is 11.3 Å². The number of rotatable bonds is 5. The number of amides is 1. The average molecular weight is 329 g/mol. The highest BCUT2D eigenvalue weighted by molar-refractivity contribution is 7.99. The fraction of sp³-hybridized carbons (Fsp3) is 0.941. The van der Waals surface area contributed by atoms with E-state index in [0.717, 1.165) is 6.54 Å². The molecule has 0 aromatic rings. The fourth-order valence-electron chi connectivity index (χ4n) is 2.98. The molecule has 1 saturated carbocycles. The minimum Gasteiger partial charge on any atom is -0.444 e. The SMILES string of the molecule is CC1(C)CSCC(NCC(NC(=O)OC(C)(C)C)C2CC2)C1. The summed E-state index contributed by atoms with van der Waals surface area (Å²) in [6.45, 7) is 11.2. The third-order valence-corrected chi connectivity index (χ3v) is 5.75. The molecule has 0 bridgehead atoms. The van der Waals surface area contributed by atoms with Gasteiger partial charge in [-0.05, 0) is 57.1 Å². The van der Waals surface area contributed by atoms with Crippen LogP contribution in [0.15, 0.2) is 0 Å². The number of carbonyl (C=O) groups excluding carboxylic acids is 1. The molecule has 2 unspecified atom stereocenters. The van der Waals surface area contributed by atoms with Crippen molar-refractivity contribution in [1.82, 2.24) is 10.6 Å². The molecule has 0 aromatic heterocycles. The lowest BCUT2D eigenvalue weighted by atomic mass is 9.88. The Hall–Kier alpha value is -0.420. The maximum atomic E-state index is 12.0. The van der Waals surface area contributed by atoms with Crippen molar-refractivity contribution in [2.45, 2.75) is 71.6 Å². The predicted octanol–water partition coefficient (Wildman–Crippen LogP) is 3.41. The Bertz CT molecular complexity index is 389. The van der Waals surface area contributed by atoms with Gasteiger partial charge >= 0.3 is 6.09 Å². The predicted molar refractivity (Wildman–Crippen MR) is 93.4 cm³/mol. The number of alkyl carbamates (subject to hydrolysis) is 1. The minimum absolute atomic E-state index is 0.199. The molecule has 0 radical (unpaired) electrons. The van der Waals surface area contributed by atoms with Crippen LogP contribution in [0.1, 0.15) is 53.9 Å². The van der Waals surface area contributed by atoms with Gasteiger partial charge in [-0.15, -0.1) is 0 Å². The van der Waals surface area contributed by atoms with Crippen LogP contribution in [0.25, 0.3) is 0 Å². The third-order valence-electron chi connectivity index (χ3n) is 4.13. The second-order valence-electron chi connectivity index (χ2n) is 8.58. The van der Waals surface area contributed by atoms with E-state index < -0.39 is 5.60 Å². The first-order valence-electron chi connectivity index (χ1n) is 8.45. The Morgan fingerprint density at radius 2 is 2.05 bits per heavy atom. The molecule has 2 N–H and O–H groups in total. The van der Waals surface area contributed by atoms with Gasteiger partial charge in [0.05, 0.1) is 0 Å². The van der Waals surface area contributed by atoms with Gasteiger partial charge in [0.25, 0.3) is 0 Å². The highest BCUT2D eigenvalue weighted by Crippen LogP contribution is 2.35. The van der Waals surface area contributed by atoms with E-state index in [0.29, 0.717) is 17.4 Å².